The molecule has 1 aromatic heterocycles. The Hall–Kier alpha value is -4.72. The van der Waals surface area contributed by atoms with Gasteiger partial charge >= 0.3 is 0 Å². The molecule has 1 N–H and O–H groups in total. The molecule has 0 fully saturated rings. The fourth-order valence-corrected chi connectivity index (χ4v) is 3.95. The molecular formula is C29H27N5O3. The highest BCUT2D eigenvalue weighted by molar-refractivity contribution is 5.97. The molecule has 0 aliphatic heterocycles. The third-order valence-electron chi connectivity index (χ3n) is 5.92. The van der Waals surface area contributed by atoms with Gasteiger partial charge in [-0.3, -0.25) is 14.4 Å². The summed E-state index contributed by atoms with van der Waals surface area (Å²) in [6.45, 7) is 3.46. The Morgan fingerprint density at radius 3 is 2.41 bits per heavy atom. The fourth-order valence-electron chi connectivity index (χ4n) is 3.95. The first-order chi connectivity index (χ1) is 17.9. The highest BCUT2D eigenvalue weighted by Crippen LogP contribution is 2.17. The second kappa shape index (κ2) is 11.8. The SMILES string of the molecule is CC(=O)c1ccc(CC(=O)[C@H](Cc2ccccc2)NC(=O)/C=C/c2cc(C)ccc2-n2cnnn2)cc1. The van der Waals surface area contributed by atoms with Gasteiger partial charge in [-0.25, -0.2) is 0 Å². The Morgan fingerprint density at radius 1 is 0.973 bits per heavy atom. The number of nitrogens with zero attached hydrogens (tertiary/aromatic N) is 4. The summed E-state index contributed by atoms with van der Waals surface area (Å²) in [7, 11) is 0. The number of Topliss-reactive ketones (excluding diaryl/α,β-unsaturated/α-hetero) is 2. The van der Waals surface area contributed by atoms with E-state index in [1.807, 2.05) is 55.5 Å². The summed E-state index contributed by atoms with van der Waals surface area (Å²) in [6.07, 6.45) is 5.09. The van der Waals surface area contributed by atoms with Crippen LogP contribution in [-0.4, -0.2) is 43.7 Å². The number of hydrogen-bond donors (Lipinski definition) is 1. The number of amides is 1. The zero-order chi connectivity index (χ0) is 26.2. The van der Waals surface area contributed by atoms with Crippen molar-refractivity contribution in [3.05, 3.63) is 113 Å². The van der Waals surface area contributed by atoms with Gasteiger partial charge in [0, 0.05) is 23.6 Å². The van der Waals surface area contributed by atoms with Crippen LogP contribution in [0.5, 0.6) is 0 Å². The fraction of sp³-hybridized carbons (Fsp3) is 0.172. The molecule has 0 aliphatic rings. The molecule has 0 spiro atoms. The van der Waals surface area contributed by atoms with E-state index in [4.69, 9.17) is 0 Å². The number of carbonyl (C=O) groups is 3. The highest BCUT2D eigenvalue weighted by Gasteiger charge is 2.21. The summed E-state index contributed by atoms with van der Waals surface area (Å²) in [4.78, 5) is 37.8. The Bertz CT molecular complexity index is 1410. The smallest absolute Gasteiger partial charge is 0.244 e. The van der Waals surface area contributed by atoms with Gasteiger partial charge in [-0.15, -0.1) is 5.10 Å². The van der Waals surface area contributed by atoms with E-state index in [2.05, 4.69) is 20.8 Å². The van der Waals surface area contributed by atoms with Crippen LogP contribution < -0.4 is 5.32 Å². The largest absolute Gasteiger partial charge is 0.342 e. The van der Waals surface area contributed by atoms with Gasteiger partial charge in [-0.2, -0.15) is 4.68 Å². The molecule has 37 heavy (non-hydrogen) atoms. The lowest BCUT2D eigenvalue weighted by molar-refractivity contribution is -0.125. The molecule has 4 aromatic rings. The van der Waals surface area contributed by atoms with Crippen molar-refractivity contribution in [2.24, 2.45) is 0 Å². The number of tetrazole rings is 1. The summed E-state index contributed by atoms with van der Waals surface area (Å²) in [5.41, 5.74) is 4.82. The first-order valence-electron chi connectivity index (χ1n) is 11.9. The normalized spacial score (nSPS) is 11.8. The van der Waals surface area contributed by atoms with Crippen molar-refractivity contribution < 1.29 is 14.4 Å². The number of hydrogen-bond acceptors (Lipinski definition) is 6. The zero-order valence-corrected chi connectivity index (χ0v) is 20.7. The summed E-state index contributed by atoms with van der Waals surface area (Å²) in [6, 6.07) is 21.5. The number of rotatable bonds is 10. The maximum absolute atomic E-state index is 13.3. The Morgan fingerprint density at radius 2 is 1.73 bits per heavy atom. The van der Waals surface area contributed by atoms with Gasteiger partial charge in [-0.05, 0) is 60.0 Å². The number of nitrogens with one attached hydrogen (secondary N) is 1. The molecular weight excluding hydrogens is 466 g/mol. The van der Waals surface area contributed by atoms with Crippen molar-refractivity contribution in [3.8, 4) is 5.69 Å². The number of carbonyl (C=O) groups excluding carboxylic acids is 3. The van der Waals surface area contributed by atoms with Crippen molar-refractivity contribution in [2.45, 2.75) is 32.7 Å². The standard InChI is InChI=1S/C29H27N5O3/c1-20-8-14-27(34-19-30-32-33-34)25(16-20)13-15-29(37)31-26(17-22-6-4-3-5-7-22)28(36)18-23-9-11-24(12-10-23)21(2)35/h3-16,19,26H,17-18H2,1-2H3,(H,31,37)/b15-13+/t26-/m0/s1. The first-order valence-corrected chi connectivity index (χ1v) is 11.9. The summed E-state index contributed by atoms with van der Waals surface area (Å²) in [5, 5.41) is 14.2. The van der Waals surface area contributed by atoms with Gasteiger partial charge < -0.3 is 5.32 Å². The van der Waals surface area contributed by atoms with E-state index in [1.165, 1.54) is 24.0 Å². The van der Waals surface area contributed by atoms with Crippen LogP contribution in [0.3, 0.4) is 0 Å². The number of ketones is 2. The van der Waals surface area contributed by atoms with Crippen LogP contribution in [-0.2, 0) is 22.4 Å². The molecule has 0 bridgehead atoms. The lowest BCUT2D eigenvalue weighted by Gasteiger charge is -2.17. The summed E-state index contributed by atoms with van der Waals surface area (Å²) in [5.74, 6) is -0.535. The zero-order valence-electron chi connectivity index (χ0n) is 20.7. The molecule has 3 aromatic carbocycles. The highest BCUT2D eigenvalue weighted by atomic mass is 16.2. The van der Waals surface area contributed by atoms with E-state index in [9.17, 15) is 14.4 Å². The van der Waals surface area contributed by atoms with Crippen LogP contribution in [0.4, 0.5) is 0 Å². The number of benzene rings is 3. The lowest BCUT2D eigenvalue weighted by atomic mass is 9.97. The minimum atomic E-state index is -0.719. The maximum Gasteiger partial charge on any atom is 0.244 e. The molecule has 0 saturated carbocycles. The third kappa shape index (κ3) is 6.91. The molecule has 0 saturated heterocycles. The van der Waals surface area contributed by atoms with E-state index >= 15 is 0 Å². The molecule has 8 heteroatoms. The molecule has 0 aliphatic carbocycles. The predicted octanol–water partition coefficient (Wildman–Crippen LogP) is 3.73. The van der Waals surface area contributed by atoms with Crippen LogP contribution in [0.1, 0.15) is 39.5 Å². The predicted molar refractivity (Wildman–Crippen MR) is 140 cm³/mol. The number of aryl methyl sites for hydroxylation is 1. The molecule has 186 valence electrons. The molecule has 1 amide bonds. The van der Waals surface area contributed by atoms with Gasteiger partial charge in [0.25, 0.3) is 0 Å². The quantitative estimate of drug-likeness (QED) is 0.267. The van der Waals surface area contributed by atoms with E-state index in [0.29, 0.717) is 12.0 Å². The van der Waals surface area contributed by atoms with Crippen LogP contribution in [0.25, 0.3) is 11.8 Å². The van der Waals surface area contributed by atoms with Gasteiger partial charge in [0.15, 0.2) is 11.6 Å². The monoisotopic (exact) mass is 493 g/mol. The molecule has 1 atom stereocenters. The summed E-state index contributed by atoms with van der Waals surface area (Å²) >= 11 is 0. The molecule has 8 nitrogen and oxygen atoms in total. The van der Waals surface area contributed by atoms with E-state index in [1.54, 1.807) is 30.3 Å². The third-order valence-corrected chi connectivity index (χ3v) is 5.92. The van der Waals surface area contributed by atoms with Crippen LogP contribution in [0.15, 0.2) is 85.2 Å². The molecule has 0 unspecified atom stereocenters. The molecule has 4 rings (SSSR count). The van der Waals surface area contributed by atoms with Gasteiger partial charge in [0.2, 0.25) is 5.91 Å². The van der Waals surface area contributed by atoms with E-state index in [-0.39, 0.29) is 23.9 Å². The maximum atomic E-state index is 13.3. The van der Waals surface area contributed by atoms with Crippen LogP contribution in [0, 0.1) is 6.92 Å². The van der Waals surface area contributed by atoms with Crippen LogP contribution >= 0.6 is 0 Å². The van der Waals surface area contributed by atoms with Crippen molar-refractivity contribution >= 4 is 23.5 Å². The van der Waals surface area contributed by atoms with E-state index < -0.39 is 6.04 Å². The minimum Gasteiger partial charge on any atom is -0.342 e. The molecule has 1 heterocycles. The average molecular weight is 494 g/mol. The number of aromatic nitrogens is 4. The van der Waals surface area contributed by atoms with Crippen molar-refractivity contribution in [3.63, 3.8) is 0 Å². The van der Waals surface area contributed by atoms with E-state index in [0.717, 1.165) is 27.9 Å². The summed E-state index contributed by atoms with van der Waals surface area (Å²) < 4.78 is 1.52. The van der Waals surface area contributed by atoms with Gasteiger partial charge in [0.1, 0.15) is 6.33 Å². The Balaban J connectivity index is 1.51. The minimum absolute atomic E-state index is 0.0317. The molecule has 0 radical (unpaired) electrons. The Kier molecular flexibility index (Phi) is 8.10. The second-order valence-corrected chi connectivity index (χ2v) is 8.80. The topological polar surface area (TPSA) is 107 Å². The van der Waals surface area contributed by atoms with Crippen molar-refractivity contribution in [2.75, 3.05) is 0 Å². The second-order valence-electron chi connectivity index (χ2n) is 8.80. The van der Waals surface area contributed by atoms with Gasteiger partial charge in [0.05, 0.1) is 11.7 Å². The first kappa shape index (κ1) is 25.4. The van der Waals surface area contributed by atoms with Crippen molar-refractivity contribution in [1.29, 1.82) is 0 Å². The lowest BCUT2D eigenvalue weighted by Crippen LogP contribution is -2.42. The Labute approximate surface area is 215 Å². The van der Waals surface area contributed by atoms with Gasteiger partial charge in [-0.1, -0.05) is 66.2 Å². The average Bonchev–Trinajstić information content (AvgIpc) is 3.43. The van der Waals surface area contributed by atoms with Crippen molar-refractivity contribution in [1.82, 2.24) is 25.5 Å². The van der Waals surface area contributed by atoms with Crippen LogP contribution in [0.2, 0.25) is 0 Å².